The van der Waals surface area contributed by atoms with Crippen LogP contribution in [0.3, 0.4) is 0 Å². The van der Waals surface area contributed by atoms with E-state index < -0.39 is 15.6 Å². The number of quaternary nitrogens is 1. The average Bonchev–Trinajstić information content (AvgIpc) is 2.49. The van der Waals surface area contributed by atoms with Gasteiger partial charge in [-0.25, -0.2) is 13.4 Å². The molecule has 0 fully saturated rings. The van der Waals surface area contributed by atoms with Crippen molar-refractivity contribution >= 4 is 16.1 Å². The fourth-order valence-corrected chi connectivity index (χ4v) is 2.29. The van der Waals surface area contributed by atoms with E-state index in [4.69, 9.17) is 18.0 Å². The van der Waals surface area contributed by atoms with Crippen LogP contribution in [0.25, 0.3) is 0 Å². The van der Waals surface area contributed by atoms with Crippen LogP contribution < -0.4 is 0 Å². The first-order valence-corrected chi connectivity index (χ1v) is 9.49. The summed E-state index contributed by atoms with van der Waals surface area (Å²) in [5.74, 6) is 1.28. The minimum atomic E-state index is -6.09. The maximum atomic E-state index is 10.7. The molecule has 0 heterocycles. The standard InChI is InChI=1S/C13H30N3.CHF3O3S/c1-7-14-13(15(8-2)9-3)16(10-4,11-5)12-6;2-1(3,4)8(5,6)7/h7-12H2,1-6H3;(H,5,6,7)/q+1;/p-1. The van der Waals surface area contributed by atoms with Crippen molar-refractivity contribution < 1.29 is 30.6 Å². The maximum absolute atomic E-state index is 10.7. The van der Waals surface area contributed by atoms with Gasteiger partial charge in [0, 0.05) is 19.6 Å². The number of aliphatic imine (C=N–C) groups is 1. The summed E-state index contributed by atoms with van der Waals surface area (Å²) in [6.07, 6.45) is 0. The van der Waals surface area contributed by atoms with E-state index in [1.54, 1.807) is 0 Å². The zero-order valence-electron chi connectivity index (χ0n) is 15.4. The molecule has 0 rings (SSSR count). The van der Waals surface area contributed by atoms with E-state index in [0.717, 1.165) is 43.8 Å². The van der Waals surface area contributed by atoms with Gasteiger partial charge in [-0.2, -0.15) is 13.2 Å². The first kappa shape index (κ1) is 25.4. The van der Waals surface area contributed by atoms with Gasteiger partial charge in [0.05, 0.1) is 19.6 Å². The largest absolute Gasteiger partial charge is 0.741 e. The molecule has 0 aromatic heterocycles. The Bertz CT molecular complexity index is 463. The number of hydrogen-bond acceptors (Lipinski definition) is 4. The summed E-state index contributed by atoms with van der Waals surface area (Å²) in [6.45, 7) is 19.7. The average molecular weight is 377 g/mol. The topological polar surface area (TPSA) is 72.8 Å². The molecule has 146 valence electrons. The normalized spacial score (nSPS) is 13.3. The minimum Gasteiger partial charge on any atom is -0.741 e. The van der Waals surface area contributed by atoms with Gasteiger partial charge in [-0.3, -0.25) is 4.48 Å². The third kappa shape index (κ3) is 7.35. The molecular formula is C14H30F3N3O3S. The predicted octanol–water partition coefficient (Wildman–Crippen LogP) is 2.63. The molecule has 0 spiro atoms. The van der Waals surface area contributed by atoms with Crippen molar-refractivity contribution in [1.29, 1.82) is 0 Å². The van der Waals surface area contributed by atoms with E-state index in [-0.39, 0.29) is 0 Å². The Kier molecular flexibility index (Phi) is 11.5. The van der Waals surface area contributed by atoms with Crippen molar-refractivity contribution in [3.63, 3.8) is 0 Å². The van der Waals surface area contributed by atoms with E-state index in [0.29, 0.717) is 0 Å². The smallest absolute Gasteiger partial charge is 0.485 e. The third-order valence-electron chi connectivity index (χ3n) is 3.87. The number of rotatable bonds is 6. The molecular weight excluding hydrogens is 347 g/mol. The van der Waals surface area contributed by atoms with Gasteiger partial charge in [0.15, 0.2) is 10.1 Å². The van der Waals surface area contributed by atoms with Crippen molar-refractivity contribution in [1.82, 2.24) is 4.90 Å². The summed E-state index contributed by atoms with van der Waals surface area (Å²) in [5.41, 5.74) is -5.65. The highest BCUT2D eigenvalue weighted by atomic mass is 32.2. The van der Waals surface area contributed by atoms with Crippen LogP contribution in [0.5, 0.6) is 0 Å². The van der Waals surface area contributed by atoms with Gasteiger partial charge in [-0.05, 0) is 41.5 Å². The molecule has 0 bridgehead atoms. The zero-order chi connectivity index (χ0) is 19.6. The van der Waals surface area contributed by atoms with Gasteiger partial charge in [-0.15, -0.1) is 0 Å². The summed E-state index contributed by atoms with van der Waals surface area (Å²) in [6, 6.07) is 0. The highest BCUT2D eigenvalue weighted by Gasteiger charge is 2.37. The first-order chi connectivity index (χ1) is 10.9. The second-order valence-electron chi connectivity index (χ2n) is 4.94. The fraction of sp³-hybridized carbons (Fsp3) is 0.929. The van der Waals surface area contributed by atoms with Gasteiger partial charge >= 0.3 is 5.51 Å². The molecule has 0 aliphatic carbocycles. The van der Waals surface area contributed by atoms with E-state index in [1.165, 1.54) is 5.96 Å². The second-order valence-corrected chi connectivity index (χ2v) is 6.31. The maximum Gasteiger partial charge on any atom is 0.485 e. The number of guanidine groups is 1. The van der Waals surface area contributed by atoms with E-state index >= 15 is 0 Å². The van der Waals surface area contributed by atoms with Crippen LogP contribution in [0, 0.1) is 0 Å². The summed E-state index contributed by atoms with van der Waals surface area (Å²) in [7, 11) is -6.09. The molecule has 0 radical (unpaired) electrons. The molecule has 24 heavy (non-hydrogen) atoms. The van der Waals surface area contributed by atoms with Crippen LogP contribution in [-0.2, 0) is 10.1 Å². The van der Waals surface area contributed by atoms with Crippen molar-refractivity contribution in [2.45, 2.75) is 47.1 Å². The summed E-state index contributed by atoms with van der Waals surface area (Å²) in [5, 5.41) is 0. The summed E-state index contributed by atoms with van der Waals surface area (Å²) >= 11 is 0. The molecule has 0 N–H and O–H groups in total. The van der Waals surface area contributed by atoms with Crippen LogP contribution in [0.2, 0.25) is 0 Å². The van der Waals surface area contributed by atoms with Crippen LogP contribution in [0.1, 0.15) is 41.5 Å². The van der Waals surface area contributed by atoms with Crippen molar-refractivity contribution in [2.24, 2.45) is 4.99 Å². The number of halogens is 3. The van der Waals surface area contributed by atoms with Gasteiger partial charge in [0.25, 0.3) is 5.96 Å². The molecule has 0 saturated carbocycles. The Morgan fingerprint density at radius 1 is 1.00 bits per heavy atom. The van der Waals surface area contributed by atoms with Crippen LogP contribution >= 0.6 is 0 Å². The molecule has 0 aliphatic rings. The SMILES string of the molecule is CCN=C(N(CC)CC)[N+](CC)(CC)CC.O=S(=O)([O-])C(F)(F)F. The van der Waals surface area contributed by atoms with Crippen molar-refractivity contribution in [3.8, 4) is 0 Å². The first-order valence-electron chi connectivity index (χ1n) is 8.08. The third-order valence-corrected chi connectivity index (χ3v) is 4.44. The Morgan fingerprint density at radius 2 is 1.33 bits per heavy atom. The number of alkyl halides is 3. The van der Waals surface area contributed by atoms with E-state index in [1.807, 2.05) is 0 Å². The van der Waals surface area contributed by atoms with E-state index in [9.17, 15) is 13.2 Å². The van der Waals surface area contributed by atoms with Gasteiger partial charge in [0.2, 0.25) is 0 Å². The highest BCUT2D eigenvalue weighted by molar-refractivity contribution is 7.86. The summed E-state index contributed by atoms with van der Waals surface area (Å²) < 4.78 is 59.9. The van der Waals surface area contributed by atoms with Crippen molar-refractivity contribution in [2.75, 3.05) is 39.3 Å². The molecule has 6 nitrogen and oxygen atoms in total. The molecule has 0 aromatic rings. The van der Waals surface area contributed by atoms with Crippen LogP contribution in [0.15, 0.2) is 4.99 Å². The Balaban J connectivity index is 0. The zero-order valence-corrected chi connectivity index (χ0v) is 16.2. The highest BCUT2D eigenvalue weighted by Crippen LogP contribution is 2.20. The molecule has 0 saturated heterocycles. The number of hydrogen-bond donors (Lipinski definition) is 0. The Morgan fingerprint density at radius 3 is 1.50 bits per heavy atom. The second kappa shape index (κ2) is 10.9. The lowest BCUT2D eigenvalue weighted by molar-refractivity contribution is -0.841. The van der Waals surface area contributed by atoms with Gasteiger partial charge in [0.1, 0.15) is 0 Å². The fourth-order valence-electron chi connectivity index (χ4n) is 2.29. The van der Waals surface area contributed by atoms with Gasteiger partial charge in [-0.1, -0.05) is 0 Å². The quantitative estimate of drug-likeness (QED) is 0.234. The lowest BCUT2D eigenvalue weighted by Gasteiger charge is -2.39. The lowest BCUT2D eigenvalue weighted by atomic mass is 10.3. The molecule has 0 aliphatic heterocycles. The van der Waals surface area contributed by atoms with Crippen LogP contribution in [0.4, 0.5) is 13.2 Å². The van der Waals surface area contributed by atoms with Gasteiger partial charge < -0.3 is 9.45 Å². The molecule has 10 heteroatoms. The monoisotopic (exact) mass is 377 g/mol. The molecule has 0 aromatic carbocycles. The predicted molar refractivity (Wildman–Crippen MR) is 88.5 cm³/mol. The minimum absolute atomic E-state index is 0.881. The molecule has 0 atom stereocenters. The Labute approximate surface area is 143 Å². The van der Waals surface area contributed by atoms with Crippen LogP contribution in [-0.4, -0.2) is 73.1 Å². The Hall–Kier alpha value is -0.870. The molecule has 0 amide bonds. The van der Waals surface area contributed by atoms with Crippen molar-refractivity contribution in [3.05, 3.63) is 0 Å². The lowest BCUT2D eigenvalue weighted by Crippen LogP contribution is -2.59. The number of nitrogens with zero attached hydrogens (tertiary/aromatic N) is 3. The summed E-state index contributed by atoms with van der Waals surface area (Å²) in [4.78, 5) is 7.17. The molecule has 0 unspecified atom stereocenters. The van der Waals surface area contributed by atoms with E-state index in [2.05, 4.69) is 46.4 Å².